The molecule has 1 fully saturated rings. The maximum Gasteiger partial charge on any atom is 0.133 e. The van der Waals surface area contributed by atoms with Crippen molar-refractivity contribution in [2.75, 3.05) is 36.4 Å². The molecule has 4 rings (SSSR count). The van der Waals surface area contributed by atoms with Crippen LogP contribution in [0.1, 0.15) is 0 Å². The van der Waals surface area contributed by atoms with E-state index in [-0.39, 0.29) is 0 Å². The van der Waals surface area contributed by atoms with Crippen LogP contribution in [-0.4, -0.2) is 41.1 Å². The summed E-state index contributed by atoms with van der Waals surface area (Å²) in [6.45, 7) is 4.08. The maximum atomic E-state index is 4.60. The van der Waals surface area contributed by atoms with Gasteiger partial charge in [-0.2, -0.15) is 0 Å². The molecule has 0 bridgehead atoms. The monoisotopic (exact) mass is 306 g/mol. The van der Waals surface area contributed by atoms with Gasteiger partial charge in [0.2, 0.25) is 0 Å². The average Bonchev–Trinajstić information content (AvgIpc) is 2.63. The van der Waals surface area contributed by atoms with Gasteiger partial charge in [0.15, 0.2) is 0 Å². The van der Waals surface area contributed by atoms with Crippen molar-refractivity contribution in [1.29, 1.82) is 0 Å². The normalized spacial score (nSPS) is 14.9. The van der Waals surface area contributed by atoms with E-state index in [9.17, 15) is 0 Å². The van der Waals surface area contributed by atoms with E-state index in [0.717, 1.165) is 48.7 Å². The third-order valence-electron chi connectivity index (χ3n) is 3.97. The van der Waals surface area contributed by atoms with Crippen molar-refractivity contribution in [3.8, 4) is 0 Å². The van der Waals surface area contributed by atoms with Crippen LogP contribution >= 0.6 is 0 Å². The lowest BCUT2D eigenvalue weighted by Gasteiger charge is -2.29. The Balaban J connectivity index is 1.57. The Bertz CT molecular complexity index is 813. The molecule has 3 aromatic heterocycles. The van der Waals surface area contributed by atoms with Gasteiger partial charge in [0.25, 0.3) is 0 Å². The van der Waals surface area contributed by atoms with E-state index >= 15 is 0 Å². The Labute approximate surface area is 134 Å². The smallest absolute Gasteiger partial charge is 0.133 e. The van der Waals surface area contributed by atoms with Crippen molar-refractivity contribution in [1.82, 2.24) is 20.3 Å². The van der Waals surface area contributed by atoms with Crippen LogP contribution in [0, 0.1) is 0 Å². The van der Waals surface area contributed by atoms with Gasteiger partial charge in [0.05, 0.1) is 5.52 Å². The Hall–Kier alpha value is -2.73. The third-order valence-corrected chi connectivity index (χ3v) is 3.97. The molecular formula is C17H18N6. The number of hydrogen-bond donors (Lipinski definition) is 2. The molecule has 3 aromatic rings. The predicted molar refractivity (Wildman–Crippen MR) is 92.1 cm³/mol. The second-order valence-corrected chi connectivity index (χ2v) is 5.53. The highest BCUT2D eigenvalue weighted by atomic mass is 15.2. The van der Waals surface area contributed by atoms with Gasteiger partial charge in [-0.05, 0) is 24.3 Å². The zero-order chi connectivity index (χ0) is 15.5. The van der Waals surface area contributed by atoms with Gasteiger partial charge >= 0.3 is 0 Å². The molecule has 0 aromatic carbocycles. The summed E-state index contributed by atoms with van der Waals surface area (Å²) in [5, 5.41) is 7.69. The van der Waals surface area contributed by atoms with Crippen LogP contribution in [-0.2, 0) is 0 Å². The first-order chi connectivity index (χ1) is 11.4. The minimum absolute atomic E-state index is 0.786. The van der Waals surface area contributed by atoms with E-state index in [4.69, 9.17) is 0 Å². The summed E-state index contributed by atoms with van der Waals surface area (Å²) >= 11 is 0. The second-order valence-electron chi connectivity index (χ2n) is 5.53. The fraction of sp³-hybridized carbons (Fsp3) is 0.235. The fourth-order valence-corrected chi connectivity index (χ4v) is 2.77. The van der Waals surface area contributed by atoms with Crippen LogP contribution in [0.2, 0.25) is 0 Å². The summed E-state index contributed by atoms with van der Waals surface area (Å²) in [7, 11) is 0. The summed E-state index contributed by atoms with van der Waals surface area (Å²) in [6.07, 6.45) is 5.41. The summed E-state index contributed by atoms with van der Waals surface area (Å²) in [5.41, 5.74) is 2.11. The van der Waals surface area contributed by atoms with Crippen molar-refractivity contribution in [3.63, 3.8) is 0 Å². The van der Waals surface area contributed by atoms with E-state index in [1.165, 1.54) is 5.69 Å². The van der Waals surface area contributed by atoms with E-state index in [1.54, 1.807) is 6.20 Å². The topological polar surface area (TPSA) is 66.0 Å². The summed E-state index contributed by atoms with van der Waals surface area (Å²) < 4.78 is 0. The first-order valence-electron chi connectivity index (χ1n) is 7.78. The molecule has 116 valence electrons. The molecule has 23 heavy (non-hydrogen) atoms. The van der Waals surface area contributed by atoms with Gasteiger partial charge in [-0.1, -0.05) is 0 Å². The molecule has 0 unspecified atom stereocenters. The highest BCUT2D eigenvalue weighted by Gasteiger charge is 2.11. The minimum atomic E-state index is 0.786. The molecule has 4 heterocycles. The molecule has 0 spiro atoms. The van der Waals surface area contributed by atoms with Gasteiger partial charge in [-0.15, -0.1) is 0 Å². The summed E-state index contributed by atoms with van der Waals surface area (Å²) in [4.78, 5) is 15.5. The standard InChI is InChI=1S/C17H18N6/c1-2-16(21-15-4-5-19-12-13(1)15)22-17-11-14(3-6-20-17)23-9-7-18-8-10-23/h1-6,11-12,18H,7-10H2,(H,20,21,22). The van der Waals surface area contributed by atoms with E-state index < -0.39 is 0 Å². The largest absolute Gasteiger partial charge is 0.369 e. The maximum absolute atomic E-state index is 4.60. The van der Waals surface area contributed by atoms with Gasteiger partial charge in [-0.3, -0.25) is 4.98 Å². The number of nitrogens with zero attached hydrogens (tertiary/aromatic N) is 4. The SMILES string of the molecule is c1cc2nc(Nc3cc(N4CCNCC4)ccn3)ccc2cn1. The molecule has 1 aliphatic heterocycles. The number of pyridine rings is 3. The quantitative estimate of drug-likeness (QED) is 0.773. The lowest BCUT2D eigenvalue weighted by Crippen LogP contribution is -2.43. The van der Waals surface area contributed by atoms with E-state index in [1.807, 2.05) is 30.6 Å². The number of hydrogen-bond acceptors (Lipinski definition) is 6. The zero-order valence-electron chi connectivity index (χ0n) is 12.7. The lowest BCUT2D eigenvalue weighted by molar-refractivity contribution is 0.589. The van der Waals surface area contributed by atoms with Crippen molar-refractivity contribution in [2.24, 2.45) is 0 Å². The molecule has 2 N–H and O–H groups in total. The lowest BCUT2D eigenvalue weighted by atomic mass is 10.2. The molecule has 0 aliphatic carbocycles. The Morgan fingerprint density at radius 1 is 1.00 bits per heavy atom. The first kappa shape index (κ1) is 13.9. The van der Waals surface area contributed by atoms with E-state index in [2.05, 4.69) is 42.6 Å². The minimum Gasteiger partial charge on any atom is -0.369 e. The molecule has 0 saturated carbocycles. The Morgan fingerprint density at radius 3 is 2.83 bits per heavy atom. The van der Waals surface area contributed by atoms with Crippen LogP contribution in [0.3, 0.4) is 0 Å². The van der Waals surface area contributed by atoms with Crippen LogP contribution in [0.4, 0.5) is 17.3 Å². The number of anilines is 3. The molecule has 0 atom stereocenters. The number of fused-ring (bicyclic) bond motifs is 1. The number of piperazine rings is 1. The zero-order valence-corrected chi connectivity index (χ0v) is 12.7. The van der Waals surface area contributed by atoms with E-state index in [0.29, 0.717) is 0 Å². The molecule has 0 radical (unpaired) electrons. The third kappa shape index (κ3) is 3.07. The Morgan fingerprint density at radius 2 is 1.91 bits per heavy atom. The van der Waals surface area contributed by atoms with Crippen LogP contribution in [0.5, 0.6) is 0 Å². The van der Waals surface area contributed by atoms with Gasteiger partial charge in [0, 0.05) is 61.9 Å². The van der Waals surface area contributed by atoms with Crippen LogP contribution in [0.25, 0.3) is 10.9 Å². The second kappa shape index (κ2) is 6.18. The predicted octanol–water partition coefficient (Wildman–Crippen LogP) is 2.18. The molecule has 6 nitrogen and oxygen atoms in total. The molecule has 6 heteroatoms. The highest BCUT2D eigenvalue weighted by molar-refractivity contribution is 5.79. The number of nitrogens with one attached hydrogen (secondary N) is 2. The molecule has 1 saturated heterocycles. The van der Waals surface area contributed by atoms with Crippen LogP contribution in [0.15, 0.2) is 48.9 Å². The van der Waals surface area contributed by atoms with Crippen molar-refractivity contribution < 1.29 is 0 Å². The van der Waals surface area contributed by atoms with Crippen molar-refractivity contribution in [3.05, 3.63) is 48.9 Å². The molecule has 1 aliphatic rings. The van der Waals surface area contributed by atoms with Gasteiger partial charge in [0.1, 0.15) is 11.6 Å². The molecule has 0 amide bonds. The summed E-state index contributed by atoms with van der Waals surface area (Å²) in [6, 6.07) is 9.99. The molecular weight excluding hydrogens is 288 g/mol. The summed E-state index contributed by atoms with van der Waals surface area (Å²) in [5.74, 6) is 1.59. The van der Waals surface area contributed by atoms with Gasteiger partial charge in [-0.25, -0.2) is 9.97 Å². The van der Waals surface area contributed by atoms with Gasteiger partial charge < -0.3 is 15.5 Å². The van der Waals surface area contributed by atoms with Crippen LogP contribution < -0.4 is 15.5 Å². The Kier molecular flexibility index (Phi) is 3.73. The van der Waals surface area contributed by atoms with Crippen molar-refractivity contribution in [2.45, 2.75) is 0 Å². The number of rotatable bonds is 3. The first-order valence-corrected chi connectivity index (χ1v) is 7.78. The average molecular weight is 306 g/mol. The fourth-order valence-electron chi connectivity index (χ4n) is 2.77. The van der Waals surface area contributed by atoms with Crippen molar-refractivity contribution >= 4 is 28.2 Å². The highest BCUT2D eigenvalue weighted by Crippen LogP contribution is 2.21. The number of aromatic nitrogens is 3.